The van der Waals surface area contributed by atoms with E-state index in [9.17, 15) is 4.79 Å². The molecule has 0 aliphatic rings. The molecule has 0 aromatic heterocycles. The standard InChI is InChI=1S/C15H12Br2O3/c1-19-15(18)10-5-6-11(14(17)7-10)9-20-13-4-2-3-12(16)8-13/h2-8H,9H2,1H3. The maximum Gasteiger partial charge on any atom is 0.337 e. The van der Waals surface area contributed by atoms with E-state index in [1.54, 1.807) is 12.1 Å². The normalized spacial score (nSPS) is 10.2. The van der Waals surface area contributed by atoms with Crippen molar-refractivity contribution in [3.8, 4) is 5.75 Å². The molecule has 0 saturated heterocycles. The molecule has 20 heavy (non-hydrogen) atoms. The first kappa shape index (κ1) is 15.1. The van der Waals surface area contributed by atoms with Crippen LogP contribution in [0.2, 0.25) is 0 Å². The number of benzene rings is 2. The molecule has 2 aromatic carbocycles. The van der Waals surface area contributed by atoms with Gasteiger partial charge in [0.25, 0.3) is 0 Å². The molecule has 104 valence electrons. The Bertz CT molecular complexity index is 626. The number of carbonyl (C=O) groups is 1. The van der Waals surface area contributed by atoms with Crippen molar-refractivity contribution >= 4 is 37.8 Å². The largest absolute Gasteiger partial charge is 0.489 e. The van der Waals surface area contributed by atoms with Gasteiger partial charge in [0, 0.05) is 14.5 Å². The maximum atomic E-state index is 11.4. The Labute approximate surface area is 134 Å². The van der Waals surface area contributed by atoms with E-state index in [4.69, 9.17) is 4.74 Å². The summed E-state index contributed by atoms with van der Waals surface area (Å²) in [6.07, 6.45) is 0. The van der Waals surface area contributed by atoms with E-state index in [0.717, 1.165) is 20.3 Å². The van der Waals surface area contributed by atoms with Crippen molar-refractivity contribution in [3.63, 3.8) is 0 Å². The zero-order valence-electron chi connectivity index (χ0n) is 10.7. The number of ether oxygens (including phenoxy) is 2. The molecular weight excluding hydrogens is 388 g/mol. The number of halogens is 2. The number of hydrogen-bond donors (Lipinski definition) is 0. The minimum absolute atomic E-state index is 0.356. The Morgan fingerprint density at radius 1 is 1.15 bits per heavy atom. The van der Waals surface area contributed by atoms with Gasteiger partial charge in [-0.05, 0) is 30.3 Å². The van der Waals surface area contributed by atoms with Gasteiger partial charge >= 0.3 is 5.97 Å². The Hall–Kier alpha value is -1.33. The molecule has 3 nitrogen and oxygen atoms in total. The molecule has 0 saturated carbocycles. The van der Waals surface area contributed by atoms with Crippen molar-refractivity contribution in [2.24, 2.45) is 0 Å². The first-order valence-electron chi connectivity index (χ1n) is 5.85. The van der Waals surface area contributed by atoms with Crippen molar-refractivity contribution in [1.82, 2.24) is 0 Å². The highest BCUT2D eigenvalue weighted by Gasteiger charge is 2.08. The van der Waals surface area contributed by atoms with Crippen LogP contribution in [0.5, 0.6) is 5.75 Å². The van der Waals surface area contributed by atoms with Gasteiger partial charge in [-0.1, -0.05) is 44.0 Å². The summed E-state index contributed by atoms with van der Waals surface area (Å²) in [5.41, 5.74) is 1.46. The van der Waals surface area contributed by atoms with Crippen LogP contribution < -0.4 is 4.74 Å². The predicted octanol–water partition coefficient (Wildman–Crippen LogP) is 4.58. The van der Waals surface area contributed by atoms with Crippen molar-refractivity contribution in [3.05, 3.63) is 62.5 Å². The fourth-order valence-corrected chi connectivity index (χ4v) is 2.50. The van der Waals surface area contributed by atoms with Gasteiger partial charge in [-0.2, -0.15) is 0 Å². The summed E-state index contributed by atoms with van der Waals surface area (Å²) in [6, 6.07) is 12.9. The van der Waals surface area contributed by atoms with Crippen LogP contribution in [-0.2, 0) is 11.3 Å². The number of hydrogen-bond acceptors (Lipinski definition) is 3. The highest BCUT2D eigenvalue weighted by molar-refractivity contribution is 9.10. The van der Waals surface area contributed by atoms with Gasteiger partial charge in [-0.25, -0.2) is 4.79 Å². The van der Waals surface area contributed by atoms with Crippen LogP contribution in [0.25, 0.3) is 0 Å². The molecule has 0 N–H and O–H groups in total. The Morgan fingerprint density at radius 3 is 2.60 bits per heavy atom. The van der Waals surface area contributed by atoms with Gasteiger partial charge in [0.05, 0.1) is 12.7 Å². The van der Waals surface area contributed by atoms with Crippen LogP contribution >= 0.6 is 31.9 Å². The van der Waals surface area contributed by atoms with E-state index >= 15 is 0 Å². The average molecular weight is 400 g/mol. The first-order chi connectivity index (χ1) is 9.60. The third-order valence-corrected chi connectivity index (χ3v) is 3.90. The Balaban J connectivity index is 2.08. The molecule has 5 heteroatoms. The van der Waals surface area contributed by atoms with Crippen molar-refractivity contribution < 1.29 is 14.3 Å². The summed E-state index contributed by atoms with van der Waals surface area (Å²) in [5.74, 6) is 0.425. The van der Waals surface area contributed by atoms with Gasteiger partial charge in [0.2, 0.25) is 0 Å². The molecule has 0 heterocycles. The first-order valence-corrected chi connectivity index (χ1v) is 7.44. The molecule has 0 amide bonds. The van der Waals surface area contributed by atoms with Gasteiger partial charge in [0.1, 0.15) is 12.4 Å². The lowest BCUT2D eigenvalue weighted by Gasteiger charge is -2.09. The highest BCUT2D eigenvalue weighted by Crippen LogP contribution is 2.23. The molecule has 0 unspecified atom stereocenters. The lowest BCUT2D eigenvalue weighted by Crippen LogP contribution is -2.03. The minimum atomic E-state index is -0.356. The van der Waals surface area contributed by atoms with Gasteiger partial charge in [0.15, 0.2) is 0 Å². The summed E-state index contributed by atoms with van der Waals surface area (Å²) in [5, 5.41) is 0. The molecule has 2 aromatic rings. The predicted molar refractivity (Wildman–Crippen MR) is 84.0 cm³/mol. The van der Waals surface area contributed by atoms with Crippen LogP contribution in [0, 0.1) is 0 Å². The topological polar surface area (TPSA) is 35.5 Å². The van der Waals surface area contributed by atoms with Crippen LogP contribution in [0.3, 0.4) is 0 Å². The van der Waals surface area contributed by atoms with Gasteiger partial charge in [-0.3, -0.25) is 0 Å². The van der Waals surface area contributed by atoms with E-state index in [2.05, 4.69) is 36.6 Å². The average Bonchev–Trinajstić information content (AvgIpc) is 2.45. The summed E-state index contributed by atoms with van der Waals surface area (Å²) >= 11 is 6.83. The monoisotopic (exact) mass is 398 g/mol. The molecule has 0 fully saturated rings. The van der Waals surface area contributed by atoms with E-state index in [1.807, 2.05) is 30.3 Å². The smallest absolute Gasteiger partial charge is 0.337 e. The molecule has 0 radical (unpaired) electrons. The summed E-state index contributed by atoms with van der Waals surface area (Å²) in [7, 11) is 1.36. The molecule has 2 rings (SSSR count). The quantitative estimate of drug-likeness (QED) is 0.706. The second-order valence-electron chi connectivity index (χ2n) is 4.04. The second kappa shape index (κ2) is 6.90. The van der Waals surface area contributed by atoms with Crippen LogP contribution in [0.1, 0.15) is 15.9 Å². The number of methoxy groups -OCH3 is 1. The number of rotatable bonds is 4. The van der Waals surface area contributed by atoms with Crippen LogP contribution in [0.15, 0.2) is 51.4 Å². The number of esters is 1. The lowest BCUT2D eigenvalue weighted by molar-refractivity contribution is 0.0600. The summed E-state index contributed by atoms with van der Waals surface area (Å²) < 4.78 is 12.2. The SMILES string of the molecule is COC(=O)c1ccc(COc2cccc(Br)c2)c(Br)c1. The van der Waals surface area contributed by atoms with Crippen molar-refractivity contribution in [1.29, 1.82) is 0 Å². The molecule has 0 spiro atoms. The zero-order valence-corrected chi connectivity index (χ0v) is 13.9. The number of carbonyl (C=O) groups excluding carboxylic acids is 1. The van der Waals surface area contributed by atoms with Gasteiger partial charge < -0.3 is 9.47 Å². The molecule has 0 bridgehead atoms. The minimum Gasteiger partial charge on any atom is -0.489 e. The second-order valence-corrected chi connectivity index (χ2v) is 5.81. The van der Waals surface area contributed by atoms with Gasteiger partial charge in [-0.15, -0.1) is 0 Å². The zero-order chi connectivity index (χ0) is 14.5. The molecule has 0 aliphatic carbocycles. The fraction of sp³-hybridized carbons (Fsp3) is 0.133. The van der Waals surface area contributed by atoms with E-state index in [-0.39, 0.29) is 5.97 Å². The van der Waals surface area contributed by atoms with Crippen LogP contribution in [-0.4, -0.2) is 13.1 Å². The summed E-state index contributed by atoms with van der Waals surface area (Å²) in [4.78, 5) is 11.4. The third-order valence-electron chi connectivity index (χ3n) is 2.66. The van der Waals surface area contributed by atoms with E-state index in [0.29, 0.717) is 12.2 Å². The van der Waals surface area contributed by atoms with E-state index in [1.165, 1.54) is 7.11 Å². The van der Waals surface area contributed by atoms with Crippen molar-refractivity contribution in [2.75, 3.05) is 7.11 Å². The lowest BCUT2D eigenvalue weighted by atomic mass is 10.1. The summed E-state index contributed by atoms with van der Waals surface area (Å²) in [6.45, 7) is 0.415. The molecule has 0 atom stereocenters. The maximum absolute atomic E-state index is 11.4. The fourth-order valence-electron chi connectivity index (χ4n) is 1.63. The van der Waals surface area contributed by atoms with Crippen molar-refractivity contribution in [2.45, 2.75) is 6.61 Å². The molecule has 0 aliphatic heterocycles. The Morgan fingerprint density at radius 2 is 1.95 bits per heavy atom. The van der Waals surface area contributed by atoms with E-state index < -0.39 is 0 Å². The Kier molecular flexibility index (Phi) is 5.20. The highest BCUT2D eigenvalue weighted by atomic mass is 79.9. The third kappa shape index (κ3) is 3.84. The van der Waals surface area contributed by atoms with Crippen LogP contribution in [0.4, 0.5) is 0 Å². The molecular formula is C15H12Br2O3.